The molecule has 1 nitrogen and oxygen atoms in total. The summed E-state index contributed by atoms with van der Waals surface area (Å²) in [6, 6.07) is 0. The molecule has 0 fully saturated rings. The Hall–Kier alpha value is 0.137. The van der Waals surface area contributed by atoms with Gasteiger partial charge in [0.05, 0.1) is 0 Å². The van der Waals surface area contributed by atoms with Gasteiger partial charge in [0.15, 0.2) is 0 Å². The van der Waals surface area contributed by atoms with E-state index < -0.39 is 0 Å². The zero-order valence-corrected chi connectivity index (χ0v) is 10.4. The molecular weight excluding hydrogens is 167 g/mol. The van der Waals surface area contributed by atoms with Gasteiger partial charge in [-0.1, -0.05) is 51.5 Å². The number of hydrogen-bond donors (Lipinski definition) is 0. The summed E-state index contributed by atoms with van der Waals surface area (Å²) in [5.41, 5.74) is 1.07. The van der Waals surface area contributed by atoms with Gasteiger partial charge in [0.2, 0.25) is 0 Å². The summed E-state index contributed by atoms with van der Waals surface area (Å²) in [5, 5.41) is 11.5. The molecular formula is C12H23LiO. The van der Waals surface area contributed by atoms with Gasteiger partial charge in [0, 0.05) is 0 Å². The van der Waals surface area contributed by atoms with Gasteiger partial charge in [-0.25, -0.2) is 0 Å². The Bertz CT molecular complexity index is 152. The van der Waals surface area contributed by atoms with Crippen molar-refractivity contribution in [1.82, 2.24) is 0 Å². The normalized spacial score (nSPS) is 11.9. The topological polar surface area (TPSA) is 23.1 Å². The van der Waals surface area contributed by atoms with Crippen LogP contribution in [-0.4, -0.2) is 0 Å². The molecule has 0 spiro atoms. The van der Waals surface area contributed by atoms with Crippen LogP contribution in [0.2, 0.25) is 0 Å². The zero-order chi connectivity index (χ0) is 10.1. The van der Waals surface area contributed by atoms with Crippen molar-refractivity contribution in [3.8, 4) is 0 Å². The van der Waals surface area contributed by atoms with E-state index in [-0.39, 0.29) is 18.9 Å². The minimum atomic E-state index is 0. The van der Waals surface area contributed by atoms with Crippen LogP contribution in [-0.2, 0) is 0 Å². The van der Waals surface area contributed by atoms with Crippen molar-refractivity contribution in [2.75, 3.05) is 0 Å². The van der Waals surface area contributed by atoms with Crippen molar-refractivity contribution in [3.05, 3.63) is 11.3 Å². The minimum Gasteiger partial charge on any atom is -0.875 e. The van der Waals surface area contributed by atoms with Gasteiger partial charge in [-0.15, -0.1) is 5.76 Å². The second-order valence-electron chi connectivity index (χ2n) is 3.76. The van der Waals surface area contributed by atoms with E-state index in [1.54, 1.807) is 0 Å². The summed E-state index contributed by atoms with van der Waals surface area (Å²) in [6.45, 7) is 6.29. The fourth-order valence-electron chi connectivity index (χ4n) is 1.44. The molecule has 0 aromatic carbocycles. The van der Waals surface area contributed by atoms with E-state index in [9.17, 15) is 5.11 Å². The van der Waals surface area contributed by atoms with E-state index in [0.717, 1.165) is 31.3 Å². The van der Waals surface area contributed by atoms with Crippen LogP contribution in [0.1, 0.15) is 65.7 Å². The van der Waals surface area contributed by atoms with Gasteiger partial charge >= 0.3 is 18.9 Å². The van der Waals surface area contributed by atoms with Crippen LogP contribution in [0.15, 0.2) is 11.3 Å². The molecule has 0 rings (SSSR count). The van der Waals surface area contributed by atoms with Gasteiger partial charge in [0.1, 0.15) is 0 Å². The molecule has 0 aromatic heterocycles. The molecule has 0 heterocycles. The van der Waals surface area contributed by atoms with Crippen molar-refractivity contribution >= 4 is 0 Å². The Balaban J connectivity index is 0. The average molecular weight is 190 g/mol. The molecule has 0 aliphatic carbocycles. The summed E-state index contributed by atoms with van der Waals surface area (Å²) in [5.74, 6) is 0.387. The smallest absolute Gasteiger partial charge is 0.875 e. The SMILES string of the molecule is CCCCCC/C([O-])=C(\C)CCC.[Li+]. The van der Waals surface area contributed by atoms with Gasteiger partial charge in [-0.2, -0.15) is 0 Å². The van der Waals surface area contributed by atoms with Crippen LogP contribution in [0.5, 0.6) is 0 Å². The predicted octanol–water partition coefficient (Wildman–Crippen LogP) is 0.395. The molecule has 0 N–H and O–H groups in total. The molecule has 14 heavy (non-hydrogen) atoms. The fraction of sp³-hybridized carbons (Fsp3) is 0.833. The second kappa shape index (κ2) is 11.2. The number of allylic oxidation sites excluding steroid dienone is 2. The quantitative estimate of drug-likeness (QED) is 0.324. The second-order valence-corrected chi connectivity index (χ2v) is 3.76. The molecule has 0 atom stereocenters. The third-order valence-electron chi connectivity index (χ3n) is 2.36. The fourth-order valence-corrected chi connectivity index (χ4v) is 1.44. The molecule has 0 amide bonds. The number of hydrogen-bond acceptors (Lipinski definition) is 1. The Labute approximate surface area is 101 Å². The average Bonchev–Trinajstić information content (AvgIpc) is 2.12. The van der Waals surface area contributed by atoms with Crippen LogP contribution in [0.25, 0.3) is 0 Å². The van der Waals surface area contributed by atoms with E-state index in [4.69, 9.17) is 0 Å². The van der Waals surface area contributed by atoms with Crippen molar-refractivity contribution in [3.63, 3.8) is 0 Å². The Morgan fingerprint density at radius 2 is 1.57 bits per heavy atom. The molecule has 0 aromatic rings. The first-order valence-corrected chi connectivity index (χ1v) is 5.58. The van der Waals surface area contributed by atoms with Gasteiger partial charge in [-0.05, 0) is 19.8 Å². The first-order chi connectivity index (χ1) is 6.22. The van der Waals surface area contributed by atoms with Crippen molar-refractivity contribution < 1.29 is 24.0 Å². The monoisotopic (exact) mass is 190 g/mol. The standard InChI is InChI=1S/C12H24O.Li/c1-4-6-7-8-10-12(13)11(3)9-5-2;/h13H,4-10H2,1-3H3;/q;+1/p-1/b12-11-;. The maximum Gasteiger partial charge on any atom is 1.00 e. The van der Waals surface area contributed by atoms with Crippen LogP contribution in [0, 0.1) is 0 Å². The molecule has 0 radical (unpaired) electrons. The van der Waals surface area contributed by atoms with Crippen molar-refractivity contribution in [2.45, 2.75) is 65.7 Å². The van der Waals surface area contributed by atoms with Crippen LogP contribution < -0.4 is 24.0 Å². The third kappa shape index (κ3) is 8.72. The predicted molar refractivity (Wildman–Crippen MR) is 56.4 cm³/mol. The van der Waals surface area contributed by atoms with E-state index in [0.29, 0.717) is 5.76 Å². The van der Waals surface area contributed by atoms with E-state index in [1.165, 1.54) is 19.3 Å². The molecule has 0 unspecified atom stereocenters. The first kappa shape index (κ1) is 16.6. The van der Waals surface area contributed by atoms with Crippen molar-refractivity contribution in [2.24, 2.45) is 0 Å². The summed E-state index contributed by atoms with van der Waals surface area (Å²) in [7, 11) is 0. The summed E-state index contributed by atoms with van der Waals surface area (Å²) in [4.78, 5) is 0. The van der Waals surface area contributed by atoms with Gasteiger partial charge < -0.3 is 5.11 Å². The van der Waals surface area contributed by atoms with Crippen LogP contribution >= 0.6 is 0 Å². The molecule has 2 heteroatoms. The van der Waals surface area contributed by atoms with E-state index in [2.05, 4.69) is 13.8 Å². The molecule has 0 aliphatic rings. The van der Waals surface area contributed by atoms with E-state index >= 15 is 0 Å². The van der Waals surface area contributed by atoms with Crippen LogP contribution in [0.4, 0.5) is 0 Å². The largest absolute Gasteiger partial charge is 1.00 e. The first-order valence-electron chi connectivity index (χ1n) is 5.58. The third-order valence-corrected chi connectivity index (χ3v) is 2.36. The molecule has 0 bridgehead atoms. The van der Waals surface area contributed by atoms with Gasteiger partial charge in [-0.3, -0.25) is 0 Å². The van der Waals surface area contributed by atoms with Gasteiger partial charge in [0.25, 0.3) is 0 Å². The minimum absolute atomic E-state index is 0. The molecule has 0 saturated heterocycles. The summed E-state index contributed by atoms with van der Waals surface area (Å²) in [6.07, 6.45) is 7.63. The number of unbranched alkanes of at least 4 members (excludes halogenated alkanes) is 3. The molecule has 78 valence electrons. The van der Waals surface area contributed by atoms with Crippen LogP contribution in [0.3, 0.4) is 0 Å². The molecule has 0 saturated carbocycles. The van der Waals surface area contributed by atoms with E-state index in [1.807, 2.05) is 6.92 Å². The Kier molecular flexibility index (Phi) is 13.3. The maximum absolute atomic E-state index is 11.5. The Morgan fingerprint density at radius 3 is 2.07 bits per heavy atom. The number of rotatable bonds is 7. The summed E-state index contributed by atoms with van der Waals surface area (Å²) >= 11 is 0. The summed E-state index contributed by atoms with van der Waals surface area (Å²) < 4.78 is 0. The van der Waals surface area contributed by atoms with Crippen molar-refractivity contribution in [1.29, 1.82) is 0 Å². The maximum atomic E-state index is 11.5. The molecule has 0 aliphatic heterocycles. The zero-order valence-electron chi connectivity index (χ0n) is 10.4. The Morgan fingerprint density at radius 1 is 0.929 bits per heavy atom.